The Hall–Kier alpha value is -6.25. The molecule has 3 heterocycles. The summed E-state index contributed by atoms with van der Waals surface area (Å²) in [6, 6.07) is 33.4. The SMILES string of the molecule is O=C(Nc1ncnc2c1ncn2[C@@H]1O[C@](Br)(COC(=O)c2ccccc2)[C@@H](OC(=O)c2ccccc2)[C@H]1OC(=O)c1ccccc1)c1ccccc1. The van der Waals surface area contributed by atoms with Crippen molar-refractivity contribution in [2.24, 2.45) is 0 Å². The van der Waals surface area contributed by atoms with Crippen LogP contribution in [0.25, 0.3) is 11.2 Å². The van der Waals surface area contributed by atoms with Gasteiger partial charge in [-0.3, -0.25) is 9.36 Å². The van der Waals surface area contributed by atoms with Crippen molar-refractivity contribution in [3.05, 3.63) is 156 Å². The van der Waals surface area contributed by atoms with E-state index in [1.807, 2.05) is 0 Å². The number of rotatable bonds is 10. The molecule has 13 nitrogen and oxygen atoms in total. The fraction of sp³-hybridized carbons (Fsp3) is 0.132. The Kier molecular flexibility index (Phi) is 9.82. The van der Waals surface area contributed by atoms with Gasteiger partial charge in [0.15, 0.2) is 39.9 Å². The molecule has 52 heavy (non-hydrogen) atoms. The van der Waals surface area contributed by atoms with Gasteiger partial charge >= 0.3 is 17.9 Å². The minimum absolute atomic E-state index is 0.113. The van der Waals surface area contributed by atoms with E-state index in [-0.39, 0.29) is 33.7 Å². The molecule has 0 unspecified atom stereocenters. The monoisotopic (exact) mass is 761 g/mol. The molecule has 1 fully saturated rings. The third kappa shape index (κ3) is 7.15. The molecule has 4 atom stereocenters. The van der Waals surface area contributed by atoms with E-state index in [2.05, 4.69) is 36.2 Å². The fourth-order valence-electron chi connectivity index (χ4n) is 5.58. The minimum Gasteiger partial charge on any atom is -0.458 e. The van der Waals surface area contributed by atoms with Crippen molar-refractivity contribution in [1.82, 2.24) is 19.5 Å². The van der Waals surface area contributed by atoms with E-state index in [0.717, 1.165) is 0 Å². The minimum atomic E-state index is -1.76. The molecule has 2 aromatic heterocycles. The number of aromatic nitrogens is 4. The molecular weight excluding hydrogens is 734 g/mol. The van der Waals surface area contributed by atoms with Crippen molar-refractivity contribution >= 4 is 56.7 Å². The number of fused-ring (bicyclic) bond motifs is 1. The van der Waals surface area contributed by atoms with Crippen molar-refractivity contribution < 1.29 is 38.1 Å². The van der Waals surface area contributed by atoms with E-state index >= 15 is 0 Å². The van der Waals surface area contributed by atoms with Crippen LogP contribution in [-0.2, 0) is 18.9 Å². The van der Waals surface area contributed by atoms with Crippen LogP contribution in [0.4, 0.5) is 5.82 Å². The zero-order valence-corrected chi connectivity index (χ0v) is 28.7. The Bertz CT molecular complexity index is 2220. The lowest BCUT2D eigenvalue weighted by Gasteiger charge is -2.29. The molecule has 260 valence electrons. The average molecular weight is 763 g/mol. The molecule has 0 bridgehead atoms. The first-order chi connectivity index (χ1) is 25.3. The molecule has 0 radical (unpaired) electrons. The summed E-state index contributed by atoms with van der Waals surface area (Å²) in [7, 11) is 0. The Morgan fingerprint density at radius 1 is 0.692 bits per heavy atom. The van der Waals surface area contributed by atoms with E-state index in [1.54, 1.807) is 121 Å². The number of carbonyl (C=O) groups is 4. The van der Waals surface area contributed by atoms with E-state index in [9.17, 15) is 19.2 Å². The van der Waals surface area contributed by atoms with Crippen LogP contribution in [-0.4, -0.2) is 66.7 Å². The number of carbonyl (C=O) groups excluding carboxylic acids is 4. The third-order valence-electron chi connectivity index (χ3n) is 8.13. The second-order valence-electron chi connectivity index (χ2n) is 11.5. The number of amides is 1. The summed E-state index contributed by atoms with van der Waals surface area (Å²) >= 11 is 3.57. The summed E-state index contributed by atoms with van der Waals surface area (Å²) in [6.45, 7) is -0.483. The van der Waals surface area contributed by atoms with Crippen molar-refractivity contribution in [2.75, 3.05) is 11.9 Å². The highest BCUT2D eigenvalue weighted by molar-refractivity contribution is 9.10. The highest BCUT2D eigenvalue weighted by atomic mass is 79.9. The summed E-state index contributed by atoms with van der Waals surface area (Å²) in [6.07, 6.45) is -1.44. The van der Waals surface area contributed by atoms with Gasteiger partial charge in [0.2, 0.25) is 0 Å². The number of ether oxygens (including phenoxy) is 4. The first kappa shape index (κ1) is 34.2. The summed E-state index contributed by atoms with van der Waals surface area (Å²) in [5.41, 5.74) is 1.51. The number of halogens is 1. The summed E-state index contributed by atoms with van der Waals surface area (Å²) in [5.74, 6) is -2.47. The Labute approximate surface area is 304 Å². The second-order valence-corrected chi connectivity index (χ2v) is 12.9. The zero-order valence-electron chi connectivity index (χ0n) is 27.1. The van der Waals surface area contributed by atoms with Crippen molar-refractivity contribution in [1.29, 1.82) is 0 Å². The van der Waals surface area contributed by atoms with Crippen LogP contribution >= 0.6 is 15.9 Å². The Balaban J connectivity index is 1.28. The first-order valence-electron chi connectivity index (χ1n) is 16.0. The van der Waals surface area contributed by atoms with Crippen molar-refractivity contribution in [2.45, 2.75) is 22.9 Å². The molecule has 0 spiro atoms. The van der Waals surface area contributed by atoms with Gasteiger partial charge in [-0.15, -0.1) is 0 Å². The molecule has 1 N–H and O–H groups in total. The molecule has 1 amide bonds. The van der Waals surface area contributed by atoms with Crippen LogP contribution in [0.1, 0.15) is 47.7 Å². The quantitative estimate of drug-likeness (QED) is 0.0990. The molecule has 14 heteroatoms. The Morgan fingerprint density at radius 2 is 1.21 bits per heavy atom. The molecular formula is C38H28BrN5O8. The van der Waals surface area contributed by atoms with Gasteiger partial charge in [-0.2, -0.15) is 0 Å². The summed E-state index contributed by atoms with van der Waals surface area (Å²) in [4.78, 5) is 66.4. The van der Waals surface area contributed by atoms with E-state index in [4.69, 9.17) is 18.9 Å². The van der Waals surface area contributed by atoms with Gasteiger partial charge in [0, 0.05) is 5.56 Å². The molecule has 1 saturated heterocycles. The highest BCUT2D eigenvalue weighted by Gasteiger charge is 2.60. The molecule has 0 aliphatic carbocycles. The lowest BCUT2D eigenvalue weighted by atomic mass is 10.1. The zero-order chi connectivity index (χ0) is 36.1. The van der Waals surface area contributed by atoms with Crippen LogP contribution in [0.2, 0.25) is 0 Å². The molecule has 7 rings (SSSR count). The van der Waals surface area contributed by atoms with E-state index in [0.29, 0.717) is 5.56 Å². The van der Waals surface area contributed by atoms with Crippen LogP contribution < -0.4 is 5.32 Å². The molecule has 0 saturated carbocycles. The summed E-state index contributed by atoms with van der Waals surface area (Å²) < 4.78 is 24.1. The maximum Gasteiger partial charge on any atom is 0.338 e. The maximum atomic E-state index is 13.6. The summed E-state index contributed by atoms with van der Waals surface area (Å²) in [5, 5.41) is 2.76. The van der Waals surface area contributed by atoms with Gasteiger partial charge in [-0.25, -0.2) is 29.3 Å². The van der Waals surface area contributed by atoms with Crippen LogP contribution in [0, 0.1) is 0 Å². The Morgan fingerprint density at radius 3 is 1.79 bits per heavy atom. The molecule has 1 aliphatic rings. The first-order valence-corrected chi connectivity index (χ1v) is 16.7. The largest absolute Gasteiger partial charge is 0.458 e. The lowest BCUT2D eigenvalue weighted by molar-refractivity contribution is -0.0748. The normalized spacial score (nSPS) is 19.4. The van der Waals surface area contributed by atoms with Gasteiger partial charge in [-0.1, -0.05) is 72.8 Å². The van der Waals surface area contributed by atoms with Gasteiger partial charge in [0.05, 0.1) is 23.0 Å². The molecule has 4 aromatic carbocycles. The van der Waals surface area contributed by atoms with Gasteiger partial charge in [0.1, 0.15) is 12.9 Å². The smallest absolute Gasteiger partial charge is 0.338 e. The topological polar surface area (TPSA) is 161 Å². The predicted octanol–water partition coefficient (Wildman–Crippen LogP) is 6.01. The number of imidazole rings is 1. The van der Waals surface area contributed by atoms with Gasteiger partial charge in [0.25, 0.3) is 5.91 Å². The number of hydrogen-bond donors (Lipinski definition) is 1. The third-order valence-corrected chi connectivity index (χ3v) is 8.99. The standard InChI is InChI=1S/C38H28BrN5O8/c39-38(21-49-35(46)25-15-7-2-8-16-25)30(51-37(48)27-19-11-4-12-20-27)29(50-36(47)26-17-9-3-10-18-26)34(52-38)44-23-42-28-31(40-22-41-32(28)44)43-33(45)24-13-5-1-6-14-24/h1-20,22-23,29-30,34H,21H2,(H,40,41,43,45)/t29-,30+,34-,38-/m1/s1. The number of nitrogens with one attached hydrogen (secondary N) is 1. The van der Waals surface area contributed by atoms with E-state index in [1.165, 1.54) is 17.2 Å². The van der Waals surface area contributed by atoms with Crippen LogP contribution in [0.3, 0.4) is 0 Å². The predicted molar refractivity (Wildman–Crippen MR) is 190 cm³/mol. The number of anilines is 1. The molecule has 1 aliphatic heterocycles. The lowest BCUT2D eigenvalue weighted by Crippen LogP contribution is -2.46. The highest BCUT2D eigenvalue weighted by Crippen LogP contribution is 2.46. The van der Waals surface area contributed by atoms with Gasteiger partial charge in [-0.05, 0) is 64.5 Å². The van der Waals surface area contributed by atoms with Crippen LogP contribution in [0.5, 0.6) is 0 Å². The number of esters is 3. The fourth-order valence-corrected chi connectivity index (χ4v) is 6.24. The molecule has 6 aromatic rings. The van der Waals surface area contributed by atoms with E-state index < -0.39 is 53.4 Å². The number of hydrogen-bond acceptors (Lipinski definition) is 11. The maximum absolute atomic E-state index is 13.6. The second kappa shape index (κ2) is 14.9. The van der Waals surface area contributed by atoms with Crippen LogP contribution in [0.15, 0.2) is 134 Å². The van der Waals surface area contributed by atoms with Crippen molar-refractivity contribution in [3.63, 3.8) is 0 Å². The van der Waals surface area contributed by atoms with Crippen molar-refractivity contribution in [3.8, 4) is 0 Å². The van der Waals surface area contributed by atoms with Gasteiger partial charge < -0.3 is 24.3 Å². The number of nitrogens with zero attached hydrogens (tertiary/aromatic N) is 4. The average Bonchev–Trinajstić information content (AvgIpc) is 3.74. The number of benzene rings is 4. The number of alkyl halides is 1.